The zero-order chi connectivity index (χ0) is 20.4. The average molecular weight is 394 g/mol. The summed E-state index contributed by atoms with van der Waals surface area (Å²) in [5.41, 5.74) is 1.16. The van der Waals surface area contributed by atoms with E-state index in [-0.39, 0.29) is 0 Å². The van der Waals surface area contributed by atoms with Crippen LogP contribution in [0.4, 0.5) is 10.6 Å². The number of anilines is 1. The Morgan fingerprint density at radius 2 is 2.00 bits per heavy atom. The van der Waals surface area contributed by atoms with E-state index in [1.165, 1.54) is 4.90 Å². The van der Waals surface area contributed by atoms with Crippen molar-refractivity contribution in [3.8, 4) is 5.75 Å². The predicted octanol–water partition coefficient (Wildman–Crippen LogP) is 5.21. The van der Waals surface area contributed by atoms with Crippen LogP contribution in [0.5, 0.6) is 5.75 Å². The lowest BCUT2D eigenvalue weighted by molar-refractivity contribution is 0.195. The van der Waals surface area contributed by atoms with E-state index in [9.17, 15) is 9.90 Å². The Labute approximate surface area is 165 Å². The largest absolute Gasteiger partial charge is 0.493 e. The van der Waals surface area contributed by atoms with Gasteiger partial charge in [-0.05, 0) is 51.8 Å². The molecule has 148 valence electrons. The van der Waals surface area contributed by atoms with Crippen molar-refractivity contribution in [2.24, 2.45) is 5.92 Å². The first-order valence-corrected chi connectivity index (χ1v) is 9.35. The van der Waals surface area contributed by atoms with Crippen LogP contribution in [0, 0.1) is 12.8 Å². The van der Waals surface area contributed by atoms with Crippen LogP contribution >= 0.6 is 11.6 Å². The molecule has 0 aliphatic carbocycles. The molecule has 0 spiro atoms. The lowest BCUT2D eigenvalue weighted by Gasteiger charge is -2.31. The maximum Gasteiger partial charge on any atom is 0.413 e. The number of carboxylic acid groups (broad SMARTS) is 1. The van der Waals surface area contributed by atoms with Gasteiger partial charge in [-0.2, -0.15) is 5.10 Å². The van der Waals surface area contributed by atoms with E-state index in [1.54, 1.807) is 16.8 Å². The smallest absolute Gasteiger partial charge is 0.413 e. The number of aromatic nitrogens is 2. The van der Waals surface area contributed by atoms with Gasteiger partial charge < -0.3 is 9.84 Å². The highest BCUT2D eigenvalue weighted by molar-refractivity contribution is 6.30. The van der Waals surface area contributed by atoms with Crippen molar-refractivity contribution in [2.45, 2.75) is 53.6 Å². The molecule has 0 fully saturated rings. The number of amides is 1. The number of hydrogen-bond donors (Lipinski definition) is 1. The van der Waals surface area contributed by atoms with Crippen molar-refractivity contribution >= 4 is 23.5 Å². The number of nitrogens with zero attached hydrogens (tertiary/aromatic N) is 3. The van der Waals surface area contributed by atoms with Gasteiger partial charge in [0, 0.05) is 27.9 Å². The van der Waals surface area contributed by atoms with Gasteiger partial charge in [0.25, 0.3) is 0 Å². The normalized spacial score (nSPS) is 11.7. The van der Waals surface area contributed by atoms with E-state index in [0.717, 1.165) is 17.0 Å². The Kier molecular flexibility index (Phi) is 6.42. The number of ether oxygens (including phenoxy) is 1. The molecule has 0 saturated carbocycles. The highest BCUT2D eigenvalue weighted by Gasteiger charge is 2.30. The van der Waals surface area contributed by atoms with Crippen LogP contribution in [0.3, 0.4) is 0 Å². The van der Waals surface area contributed by atoms with Gasteiger partial charge in [-0.3, -0.25) is 9.58 Å². The number of hydrogen-bond acceptors (Lipinski definition) is 3. The molecule has 1 heterocycles. The molecule has 2 rings (SSSR count). The standard InChI is InChI=1S/C20H28ClN3O3/c1-13(2)12-27-17-8-7-16(21)10-15(17)11-23-14(3)9-18(22-23)24(19(25)26)20(4,5)6/h7-10,13H,11-12H2,1-6H3,(H,25,26). The van der Waals surface area contributed by atoms with Crippen LogP contribution in [0.25, 0.3) is 0 Å². The van der Waals surface area contributed by atoms with Crippen molar-refractivity contribution in [3.63, 3.8) is 0 Å². The van der Waals surface area contributed by atoms with Crippen LogP contribution in [0.15, 0.2) is 24.3 Å². The molecule has 1 aromatic carbocycles. The topological polar surface area (TPSA) is 67.6 Å². The summed E-state index contributed by atoms with van der Waals surface area (Å²) >= 11 is 6.17. The van der Waals surface area contributed by atoms with Gasteiger partial charge in [-0.15, -0.1) is 0 Å². The molecule has 0 radical (unpaired) electrons. The van der Waals surface area contributed by atoms with Crippen LogP contribution in [0.1, 0.15) is 45.9 Å². The Morgan fingerprint density at radius 3 is 2.56 bits per heavy atom. The maximum absolute atomic E-state index is 11.7. The van der Waals surface area contributed by atoms with Crippen molar-refractivity contribution in [1.82, 2.24) is 9.78 Å². The molecule has 27 heavy (non-hydrogen) atoms. The molecule has 0 atom stereocenters. The maximum atomic E-state index is 11.7. The number of halogens is 1. The van der Waals surface area contributed by atoms with E-state index in [1.807, 2.05) is 39.8 Å². The molecular formula is C20H28ClN3O3. The third-order valence-electron chi connectivity index (χ3n) is 3.97. The molecule has 0 saturated heterocycles. The molecule has 0 aliphatic heterocycles. The molecule has 1 N–H and O–H groups in total. The van der Waals surface area contributed by atoms with E-state index in [4.69, 9.17) is 16.3 Å². The number of aryl methyl sites for hydroxylation is 1. The second-order valence-corrected chi connectivity index (χ2v) is 8.48. The lowest BCUT2D eigenvalue weighted by Crippen LogP contribution is -2.45. The minimum atomic E-state index is -1.03. The van der Waals surface area contributed by atoms with E-state index in [0.29, 0.717) is 29.9 Å². The van der Waals surface area contributed by atoms with Gasteiger partial charge in [-0.25, -0.2) is 4.79 Å². The van der Waals surface area contributed by atoms with Crippen molar-refractivity contribution in [1.29, 1.82) is 0 Å². The highest BCUT2D eigenvalue weighted by Crippen LogP contribution is 2.27. The first-order valence-electron chi connectivity index (χ1n) is 8.98. The summed E-state index contributed by atoms with van der Waals surface area (Å²) in [7, 11) is 0. The zero-order valence-electron chi connectivity index (χ0n) is 16.8. The van der Waals surface area contributed by atoms with Crippen molar-refractivity contribution < 1.29 is 14.6 Å². The van der Waals surface area contributed by atoms with Crippen molar-refractivity contribution in [3.05, 3.63) is 40.5 Å². The van der Waals surface area contributed by atoms with E-state index in [2.05, 4.69) is 18.9 Å². The second kappa shape index (κ2) is 8.21. The van der Waals surface area contributed by atoms with Gasteiger partial charge >= 0.3 is 6.09 Å². The molecule has 0 bridgehead atoms. The fraction of sp³-hybridized carbons (Fsp3) is 0.500. The van der Waals surface area contributed by atoms with Crippen LogP contribution in [-0.4, -0.2) is 33.1 Å². The Hall–Kier alpha value is -2.21. The van der Waals surface area contributed by atoms with Gasteiger partial charge in [-0.1, -0.05) is 25.4 Å². The number of rotatable bonds is 6. The summed E-state index contributed by atoms with van der Waals surface area (Å²) in [6, 6.07) is 7.29. The molecule has 0 unspecified atom stereocenters. The van der Waals surface area contributed by atoms with Gasteiger partial charge in [0.2, 0.25) is 0 Å². The number of carbonyl (C=O) groups is 1. The van der Waals surface area contributed by atoms with Crippen LogP contribution < -0.4 is 9.64 Å². The van der Waals surface area contributed by atoms with E-state index >= 15 is 0 Å². The summed E-state index contributed by atoms with van der Waals surface area (Å²) in [5, 5.41) is 14.7. The summed E-state index contributed by atoms with van der Waals surface area (Å²) in [5.74, 6) is 1.57. The SMILES string of the molecule is Cc1cc(N(C(=O)O)C(C)(C)C)nn1Cc1cc(Cl)ccc1OCC(C)C. The monoisotopic (exact) mass is 393 g/mol. The third-order valence-corrected chi connectivity index (χ3v) is 4.21. The molecule has 7 heteroatoms. The number of benzene rings is 1. The second-order valence-electron chi connectivity index (χ2n) is 8.05. The molecular weight excluding hydrogens is 366 g/mol. The molecule has 1 amide bonds. The van der Waals surface area contributed by atoms with Crippen LogP contribution in [0.2, 0.25) is 5.02 Å². The quantitative estimate of drug-likeness (QED) is 0.731. The molecule has 1 aromatic heterocycles. The third kappa shape index (κ3) is 5.39. The van der Waals surface area contributed by atoms with E-state index < -0.39 is 11.6 Å². The van der Waals surface area contributed by atoms with Crippen LogP contribution in [-0.2, 0) is 6.54 Å². The molecule has 0 aliphatic rings. The molecule has 6 nitrogen and oxygen atoms in total. The van der Waals surface area contributed by atoms with Crippen molar-refractivity contribution in [2.75, 3.05) is 11.5 Å². The Bertz CT molecular complexity index is 809. The fourth-order valence-corrected chi connectivity index (χ4v) is 2.92. The summed E-state index contributed by atoms with van der Waals surface area (Å²) in [4.78, 5) is 13.0. The predicted molar refractivity (Wildman–Crippen MR) is 108 cm³/mol. The Balaban J connectivity index is 2.35. The van der Waals surface area contributed by atoms with Gasteiger partial charge in [0.05, 0.1) is 13.2 Å². The average Bonchev–Trinajstić information content (AvgIpc) is 2.84. The summed E-state index contributed by atoms with van der Waals surface area (Å²) in [6.45, 7) is 12.6. The summed E-state index contributed by atoms with van der Waals surface area (Å²) in [6.07, 6.45) is -1.03. The fourth-order valence-electron chi connectivity index (χ4n) is 2.72. The first-order chi connectivity index (χ1) is 12.5. The lowest BCUT2D eigenvalue weighted by atomic mass is 10.1. The van der Waals surface area contributed by atoms with Gasteiger partial charge in [0.15, 0.2) is 5.82 Å². The molecule has 2 aromatic rings. The van der Waals surface area contributed by atoms with Gasteiger partial charge in [0.1, 0.15) is 5.75 Å². The zero-order valence-corrected chi connectivity index (χ0v) is 17.5. The minimum Gasteiger partial charge on any atom is -0.493 e. The highest BCUT2D eigenvalue weighted by atomic mass is 35.5. The summed E-state index contributed by atoms with van der Waals surface area (Å²) < 4.78 is 7.68. The first kappa shape index (κ1) is 21.1. The Morgan fingerprint density at radius 1 is 1.33 bits per heavy atom. The minimum absolute atomic E-state index is 0.402.